The molecule has 6 bridgehead atoms. The third kappa shape index (κ3) is 4.10. The van der Waals surface area contributed by atoms with Crippen molar-refractivity contribution in [1.82, 2.24) is 9.13 Å². The molecule has 0 saturated heterocycles. The van der Waals surface area contributed by atoms with Gasteiger partial charge in [0.25, 0.3) is 0 Å². The van der Waals surface area contributed by atoms with Crippen LogP contribution in [0.25, 0.3) is 23.8 Å². The van der Waals surface area contributed by atoms with E-state index in [4.69, 9.17) is 14.7 Å². The number of methoxy groups -OCH3 is 1. The zero-order valence-electron chi connectivity index (χ0n) is 29.0. The molecule has 6 heterocycles. The Morgan fingerprint density at radius 3 is 2.23 bits per heavy atom. The highest BCUT2D eigenvalue weighted by molar-refractivity contribution is 6.25. The number of carboxylic acid groups (broad SMARTS) is 1. The fourth-order valence-electron chi connectivity index (χ4n) is 9.14. The molecule has 2 aromatic rings. The Morgan fingerprint density at radius 2 is 1.60 bits per heavy atom. The summed E-state index contributed by atoms with van der Waals surface area (Å²) >= 11 is 0. The van der Waals surface area contributed by atoms with Gasteiger partial charge in [-0.05, 0) is 76.8 Å². The molecule has 1 aliphatic carbocycles. The maximum atomic E-state index is 14.6. The van der Waals surface area contributed by atoms with E-state index in [9.17, 15) is 24.3 Å². The summed E-state index contributed by atoms with van der Waals surface area (Å²) in [5, 5.41) is 11.3. The SMILES string of the molecule is CC[C@H]1/C2=C/c3c(C)c4c5n3C(C)(C)n3/c(c(C)c(C(C)=O)/c3=C/C(=N2)[C@@H]1C)=C\C1=NC(=C\5C(C(=O)OC)C4=O)/[C@@H](CCC(=O)O)[C@@H]1C. The topological polar surface area (TPSA) is 132 Å². The predicted molar refractivity (Wildman–Crippen MR) is 183 cm³/mol. The van der Waals surface area contributed by atoms with Crippen LogP contribution < -0.4 is 10.7 Å². The Balaban J connectivity index is 1.75. The van der Waals surface area contributed by atoms with Crippen LogP contribution in [0.3, 0.4) is 0 Å². The molecule has 1 unspecified atom stereocenters. The van der Waals surface area contributed by atoms with Crippen molar-refractivity contribution in [3.8, 4) is 0 Å². The van der Waals surface area contributed by atoms with E-state index >= 15 is 0 Å². The monoisotopic (exact) mass is 650 g/mol. The molecule has 2 aromatic heterocycles. The lowest BCUT2D eigenvalue weighted by atomic mass is 9.83. The van der Waals surface area contributed by atoms with Gasteiger partial charge in [0, 0.05) is 75.0 Å². The van der Waals surface area contributed by atoms with E-state index in [-0.39, 0.29) is 48.1 Å². The molecule has 0 amide bonds. The molecular weight excluding hydrogens is 608 g/mol. The second kappa shape index (κ2) is 10.7. The zero-order chi connectivity index (χ0) is 34.7. The van der Waals surface area contributed by atoms with Gasteiger partial charge in [0.2, 0.25) is 0 Å². The van der Waals surface area contributed by atoms with Gasteiger partial charge in [-0.15, -0.1) is 0 Å². The first-order valence-electron chi connectivity index (χ1n) is 16.8. The summed E-state index contributed by atoms with van der Waals surface area (Å²) in [5.74, 6) is -3.64. The molecule has 10 heteroatoms. The lowest BCUT2D eigenvalue weighted by Gasteiger charge is -2.35. The number of Topliss-reactive ketones (excluding diaryl/α,β-unsaturated/α-hetero) is 2. The molecule has 48 heavy (non-hydrogen) atoms. The summed E-state index contributed by atoms with van der Waals surface area (Å²) in [6, 6.07) is 0. The highest BCUT2D eigenvalue weighted by atomic mass is 16.5. The normalized spacial score (nSPS) is 30.0. The fourth-order valence-corrected chi connectivity index (χ4v) is 9.14. The average Bonchev–Trinajstić information content (AvgIpc) is 3.74. The van der Waals surface area contributed by atoms with Crippen LogP contribution in [-0.4, -0.2) is 56.3 Å². The molecule has 7 rings (SSSR count). The number of rotatable bonds is 6. The summed E-state index contributed by atoms with van der Waals surface area (Å²) in [7, 11) is 1.28. The van der Waals surface area contributed by atoms with E-state index < -0.39 is 23.5 Å². The summed E-state index contributed by atoms with van der Waals surface area (Å²) in [4.78, 5) is 64.0. The van der Waals surface area contributed by atoms with Gasteiger partial charge in [-0.1, -0.05) is 20.8 Å². The van der Waals surface area contributed by atoms with Crippen LogP contribution in [0.15, 0.2) is 21.4 Å². The molecule has 0 aromatic carbocycles. The Morgan fingerprint density at radius 1 is 0.958 bits per heavy atom. The largest absolute Gasteiger partial charge is 0.481 e. The van der Waals surface area contributed by atoms with E-state index in [1.54, 1.807) is 6.92 Å². The second-order valence-electron chi connectivity index (χ2n) is 14.4. The quantitative estimate of drug-likeness (QED) is 0.275. The summed E-state index contributed by atoms with van der Waals surface area (Å²) in [6.07, 6.45) is 7.21. The lowest BCUT2D eigenvalue weighted by Crippen LogP contribution is -2.49. The van der Waals surface area contributed by atoms with Crippen LogP contribution in [0.1, 0.15) is 104 Å². The molecule has 5 aliphatic rings. The molecule has 10 nitrogen and oxygen atoms in total. The van der Waals surface area contributed by atoms with Crippen LogP contribution >= 0.6 is 0 Å². The number of ketones is 2. The summed E-state index contributed by atoms with van der Waals surface area (Å²) in [6.45, 7) is 16.0. The van der Waals surface area contributed by atoms with Crippen LogP contribution in [0.4, 0.5) is 0 Å². The first kappa shape index (κ1) is 32.0. The number of carbonyl (C=O) groups excluding carboxylic acids is 3. The number of aromatic nitrogens is 2. The van der Waals surface area contributed by atoms with Crippen LogP contribution in [0, 0.1) is 43.4 Å². The first-order valence-corrected chi connectivity index (χ1v) is 16.8. The van der Waals surface area contributed by atoms with Gasteiger partial charge >= 0.3 is 11.9 Å². The molecule has 1 N–H and O–H groups in total. The molecule has 0 spiro atoms. The van der Waals surface area contributed by atoms with Gasteiger partial charge in [0.1, 0.15) is 11.6 Å². The Labute approximate surface area is 279 Å². The third-order valence-corrected chi connectivity index (χ3v) is 11.5. The number of ether oxygens (including phenoxy) is 1. The molecule has 250 valence electrons. The third-order valence-electron chi connectivity index (χ3n) is 11.5. The van der Waals surface area contributed by atoms with Gasteiger partial charge in [-0.25, -0.2) is 0 Å². The van der Waals surface area contributed by atoms with Gasteiger partial charge < -0.3 is 19.0 Å². The number of carboxylic acids is 1. The number of hydrogen-bond acceptors (Lipinski definition) is 7. The van der Waals surface area contributed by atoms with Crippen LogP contribution in [0.5, 0.6) is 0 Å². The highest BCUT2D eigenvalue weighted by Gasteiger charge is 2.52. The maximum absolute atomic E-state index is 14.6. The van der Waals surface area contributed by atoms with Crippen molar-refractivity contribution in [2.45, 2.75) is 80.3 Å². The summed E-state index contributed by atoms with van der Waals surface area (Å²) < 4.78 is 9.58. The van der Waals surface area contributed by atoms with E-state index in [1.165, 1.54) is 7.11 Å². The Bertz CT molecular complexity index is 2150. The molecule has 4 aliphatic heterocycles. The van der Waals surface area contributed by atoms with Crippen molar-refractivity contribution < 1.29 is 29.0 Å². The number of aliphatic imine (C=N–C) groups is 2. The maximum Gasteiger partial charge on any atom is 0.321 e. The predicted octanol–water partition coefficient (Wildman–Crippen LogP) is 4.66. The summed E-state index contributed by atoms with van der Waals surface area (Å²) in [5.41, 5.74) is 6.61. The average molecular weight is 651 g/mol. The van der Waals surface area contributed by atoms with Crippen molar-refractivity contribution in [2.24, 2.45) is 39.6 Å². The molecule has 0 saturated carbocycles. The zero-order valence-corrected chi connectivity index (χ0v) is 29.0. The van der Waals surface area contributed by atoms with Gasteiger partial charge in [0.15, 0.2) is 11.6 Å². The van der Waals surface area contributed by atoms with Crippen LogP contribution in [0.2, 0.25) is 0 Å². The minimum Gasteiger partial charge on any atom is -0.481 e. The van der Waals surface area contributed by atoms with E-state index in [0.717, 1.165) is 45.3 Å². The van der Waals surface area contributed by atoms with Gasteiger partial charge in [0.05, 0.1) is 23.8 Å². The van der Waals surface area contributed by atoms with Gasteiger partial charge in [-0.2, -0.15) is 0 Å². The van der Waals surface area contributed by atoms with Crippen molar-refractivity contribution in [2.75, 3.05) is 7.11 Å². The number of fused-ring (bicyclic) bond motifs is 2. The molecule has 0 fully saturated rings. The Kier molecular flexibility index (Phi) is 7.13. The molecular formula is C38H42N4O6. The minimum atomic E-state index is -1.24. The highest BCUT2D eigenvalue weighted by Crippen LogP contribution is 2.51. The van der Waals surface area contributed by atoms with E-state index in [1.807, 2.05) is 26.8 Å². The smallest absolute Gasteiger partial charge is 0.321 e. The number of nitrogens with zero attached hydrogens (tertiary/aromatic N) is 4. The van der Waals surface area contributed by atoms with Gasteiger partial charge in [-0.3, -0.25) is 29.2 Å². The lowest BCUT2D eigenvalue weighted by molar-refractivity contribution is -0.142. The standard InChI is InChI=1S/C38H42N4O6/c1-10-21-16(2)23-14-28-30(20(6)43)18(4)26-13-24-17(3)22(11-12-29(44)45)34(40-24)32-33(37(47)48-9)36(46)31-19(5)27(15-25(21)39-23)42(35(31)32)38(7,8)41(26)28/h13-17,21-22,33H,10-12H2,1-9H3,(H,44,45)/b23-14?,24-13?,25-15-,26-13-,27-15?,28-14-,34-32-/t16-,17+,21-,22+,33?/m1/s1. The van der Waals surface area contributed by atoms with Crippen molar-refractivity contribution in [1.29, 1.82) is 0 Å². The first-order chi connectivity index (χ1) is 22.6. The molecule has 0 radical (unpaired) electrons. The van der Waals surface area contributed by atoms with Crippen molar-refractivity contribution in [3.63, 3.8) is 0 Å². The van der Waals surface area contributed by atoms with Crippen molar-refractivity contribution >= 4 is 58.7 Å². The van der Waals surface area contributed by atoms with Crippen molar-refractivity contribution in [3.05, 3.63) is 55.7 Å². The van der Waals surface area contributed by atoms with E-state index in [2.05, 4.69) is 49.0 Å². The Hall–Kier alpha value is -4.60. The number of aliphatic carboxylic acids is 1. The number of esters is 1. The van der Waals surface area contributed by atoms with E-state index in [0.29, 0.717) is 33.8 Å². The minimum absolute atomic E-state index is 0.0701. The fraction of sp³-hybridized carbons (Fsp3) is 0.474. The second-order valence-corrected chi connectivity index (χ2v) is 14.4. The molecule has 5 atom stereocenters. The number of carbonyl (C=O) groups is 4. The van der Waals surface area contributed by atoms with Crippen LogP contribution in [-0.2, 0) is 20.0 Å². The number of hydrogen-bond donors (Lipinski definition) is 1. The number of allylic oxidation sites excluding steroid dienone is 2.